The van der Waals surface area contributed by atoms with Crippen molar-refractivity contribution in [3.8, 4) is 0 Å². The van der Waals surface area contributed by atoms with Gasteiger partial charge in [-0.2, -0.15) is 13.2 Å². The molecule has 1 fully saturated rings. The summed E-state index contributed by atoms with van der Waals surface area (Å²) in [6.07, 6.45) is -1.08. The van der Waals surface area contributed by atoms with Crippen molar-refractivity contribution in [2.24, 2.45) is 0 Å². The topological polar surface area (TPSA) is 53.7 Å². The maximum Gasteiger partial charge on any atom is 0.417 e. The molecule has 3 aromatic rings. The van der Waals surface area contributed by atoms with E-state index >= 15 is 0 Å². The Bertz CT molecular complexity index is 1030. The van der Waals surface area contributed by atoms with Crippen molar-refractivity contribution in [1.29, 1.82) is 0 Å². The first-order valence-electron chi connectivity index (χ1n) is 8.93. The molecule has 3 aromatic heterocycles. The average molecular weight is 389 g/mol. The molecule has 1 saturated heterocycles. The smallest absolute Gasteiger partial charge is 0.355 e. The molecule has 4 heterocycles. The largest absolute Gasteiger partial charge is 0.417 e. The zero-order valence-electron chi connectivity index (χ0n) is 14.9. The molecule has 1 aliphatic heterocycles. The van der Waals surface area contributed by atoms with Crippen LogP contribution in [0.25, 0.3) is 5.65 Å². The van der Waals surface area contributed by atoms with E-state index in [-0.39, 0.29) is 5.56 Å². The molecular weight excluding hydrogens is 371 g/mol. The second-order valence-electron chi connectivity index (χ2n) is 6.61. The fourth-order valence-electron chi connectivity index (χ4n) is 3.32. The van der Waals surface area contributed by atoms with Crippen molar-refractivity contribution in [1.82, 2.24) is 14.4 Å². The third kappa shape index (κ3) is 3.64. The Kier molecular flexibility index (Phi) is 4.66. The van der Waals surface area contributed by atoms with Crippen LogP contribution in [0.4, 0.5) is 24.8 Å². The van der Waals surface area contributed by atoms with Gasteiger partial charge in [0.25, 0.3) is 5.56 Å². The number of nitrogens with zero attached hydrogens (tertiary/aromatic N) is 5. The van der Waals surface area contributed by atoms with Gasteiger partial charge in [-0.3, -0.25) is 9.20 Å². The monoisotopic (exact) mass is 389 g/mol. The summed E-state index contributed by atoms with van der Waals surface area (Å²) in [5, 5.41) is 0. The van der Waals surface area contributed by atoms with E-state index in [1.807, 2.05) is 15.9 Å². The molecule has 1 aliphatic rings. The van der Waals surface area contributed by atoms with E-state index in [4.69, 9.17) is 0 Å². The van der Waals surface area contributed by atoms with Crippen molar-refractivity contribution in [3.05, 3.63) is 64.7 Å². The SMILES string of the molecule is O=c1cc(N2CCCN(c3ccc(C(F)(F)F)cn3)CC2)nc2ccccn12. The van der Waals surface area contributed by atoms with Gasteiger partial charge in [-0.1, -0.05) is 6.07 Å². The van der Waals surface area contributed by atoms with Crippen LogP contribution in [0.15, 0.2) is 53.6 Å². The van der Waals surface area contributed by atoms with E-state index in [0.29, 0.717) is 43.5 Å². The first-order chi connectivity index (χ1) is 13.4. The van der Waals surface area contributed by atoms with E-state index in [0.717, 1.165) is 18.7 Å². The van der Waals surface area contributed by atoms with Gasteiger partial charge in [0.2, 0.25) is 0 Å². The second kappa shape index (κ2) is 7.14. The Morgan fingerprint density at radius 3 is 2.36 bits per heavy atom. The number of pyridine rings is 2. The highest BCUT2D eigenvalue weighted by Gasteiger charge is 2.31. The molecule has 0 saturated carbocycles. The van der Waals surface area contributed by atoms with Crippen LogP contribution in [0.5, 0.6) is 0 Å². The Balaban J connectivity index is 1.52. The molecular formula is C19H18F3N5O. The van der Waals surface area contributed by atoms with Crippen LogP contribution in [0, 0.1) is 0 Å². The third-order valence-corrected chi connectivity index (χ3v) is 4.78. The van der Waals surface area contributed by atoms with Crippen LogP contribution in [-0.2, 0) is 6.18 Å². The summed E-state index contributed by atoms with van der Waals surface area (Å²) in [7, 11) is 0. The molecule has 0 aliphatic carbocycles. The Hall–Kier alpha value is -3.10. The lowest BCUT2D eigenvalue weighted by atomic mass is 10.2. The minimum atomic E-state index is -4.39. The molecule has 0 N–H and O–H groups in total. The number of hydrogen-bond acceptors (Lipinski definition) is 5. The molecule has 28 heavy (non-hydrogen) atoms. The Morgan fingerprint density at radius 1 is 0.929 bits per heavy atom. The summed E-state index contributed by atoms with van der Waals surface area (Å²) in [5.74, 6) is 1.12. The number of alkyl halides is 3. The quantitative estimate of drug-likeness (QED) is 0.675. The number of aromatic nitrogens is 3. The highest BCUT2D eigenvalue weighted by molar-refractivity contribution is 5.49. The Labute approximate surface area is 158 Å². The van der Waals surface area contributed by atoms with Gasteiger partial charge in [-0.05, 0) is 30.7 Å². The highest BCUT2D eigenvalue weighted by Crippen LogP contribution is 2.29. The fraction of sp³-hybridized carbons (Fsp3) is 0.316. The van der Waals surface area contributed by atoms with Crippen LogP contribution in [0.1, 0.15) is 12.0 Å². The molecule has 0 spiro atoms. The average Bonchev–Trinajstić information content (AvgIpc) is 2.94. The molecule has 0 aromatic carbocycles. The van der Waals surface area contributed by atoms with Crippen LogP contribution >= 0.6 is 0 Å². The van der Waals surface area contributed by atoms with Crippen LogP contribution in [0.3, 0.4) is 0 Å². The predicted octanol–water partition coefficient (Wildman–Crippen LogP) is 2.83. The molecule has 6 nitrogen and oxygen atoms in total. The number of halogens is 3. The van der Waals surface area contributed by atoms with Crippen molar-refractivity contribution in [2.45, 2.75) is 12.6 Å². The summed E-state index contributed by atoms with van der Waals surface area (Å²) in [4.78, 5) is 24.8. The van der Waals surface area contributed by atoms with Gasteiger partial charge in [0.05, 0.1) is 5.56 Å². The lowest BCUT2D eigenvalue weighted by Gasteiger charge is -2.23. The molecule has 9 heteroatoms. The molecule has 4 rings (SSSR count). The Morgan fingerprint density at radius 2 is 1.68 bits per heavy atom. The fourth-order valence-corrected chi connectivity index (χ4v) is 3.32. The predicted molar refractivity (Wildman–Crippen MR) is 99.7 cm³/mol. The molecule has 0 radical (unpaired) electrons. The minimum Gasteiger partial charge on any atom is -0.355 e. The molecule has 0 bridgehead atoms. The molecule has 0 amide bonds. The number of fused-ring (bicyclic) bond motifs is 1. The number of anilines is 2. The number of rotatable bonds is 2. The van der Waals surface area contributed by atoms with Gasteiger partial charge < -0.3 is 9.80 Å². The van der Waals surface area contributed by atoms with E-state index in [9.17, 15) is 18.0 Å². The van der Waals surface area contributed by atoms with Crippen molar-refractivity contribution in [3.63, 3.8) is 0 Å². The summed E-state index contributed by atoms with van der Waals surface area (Å²) in [5.41, 5.74) is -0.324. The second-order valence-corrected chi connectivity index (χ2v) is 6.61. The van der Waals surface area contributed by atoms with Crippen LogP contribution in [0.2, 0.25) is 0 Å². The van der Waals surface area contributed by atoms with Gasteiger partial charge in [0.1, 0.15) is 17.3 Å². The molecule has 0 unspecified atom stereocenters. The maximum atomic E-state index is 12.7. The molecule has 146 valence electrons. The van der Waals surface area contributed by atoms with Gasteiger partial charge in [0.15, 0.2) is 0 Å². The summed E-state index contributed by atoms with van der Waals surface area (Å²) >= 11 is 0. The maximum absolute atomic E-state index is 12.7. The van der Waals surface area contributed by atoms with E-state index in [1.165, 1.54) is 16.5 Å². The van der Waals surface area contributed by atoms with Crippen LogP contribution < -0.4 is 15.4 Å². The normalized spacial score (nSPS) is 15.7. The van der Waals surface area contributed by atoms with Crippen molar-refractivity contribution < 1.29 is 13.2 Å². The summed E-state index contributed by atoms with van der Waals surface area (Å²) in [6, 6.07) is 9.35. The zero-order valence-corrected chi connectivity index (χ0v) is 14.9. The summed E-state index contributed by atoms with van der Waals surface area (Å²) in [6.45, 7) is 2.54. The lowest BCUT2D eigenvalue weighted by molar-refractivity contribution is -0.137. The van der Waals surface area contributed by atoms with Gasteiger partial charge in [0, 0.05) is 44.6 Å². The lowest BCUT2D eigenvalue weighted by Crippen LogP contribution is -2.32. The first-order valence-corrected chi connectivity index (χ1v) is 8.93. The van der Waals surface area contributed by atoms with Gasteiger partial charge in [-0.25, -0.2) is 9.97 Å². The molecule has 0 atom stereocenters. The third-order valence-electron chi connectivity index (χ3n) is 4.78. The standard InChI is InChI=1S/C19H18F3N5O/c20-19(21,22)14-5-6-15(23-13-14)25-7-3-8-26(11-10-25)17-12-18(28)27-9-2-1-4-16(27)24-17/h1-2,4-6,9,12-13H,3,7-8,10-11H2. The van der Waals surface area contributed by atoms with E-state index in [2.05, 4.69) is 9.97 Å². The summed E-state index contributed by atoms with van der Waals surface area (Å²) < 4.78 is 39.6. The highest BCUT2D eigenvalue weighted by atomic mass is 19.4. The van der Waals surface area contributed by atoms with E-state index in [1.54, 1.807) is 18.3 Å². The van der Waals surface area contributed by atoms with Gasteiger partial charge in [-0.15, -0.1) is 0 Å². The zero-order chi connectivity index (χ0) is 19.7. The van der Waals surface area contributed by atoms with Gasteiger partial charge >= 0.3 is 6.18 Å². The first kappa shape index (κ1) is 18.3. The van der Waals surface area contributed by atoms with Crippen molar-refractivity contribution >= 4 is 17.3 Å². The van der Waals surface area contributed by atoms with Crippen LogP contribution in [-0.4, -0.2) is 40.5 Å². The van der Waals surface area contributed by atoms with E-state index < -0.39 is 11.7 Å². The minimum absolute atomic E-state index is 0.147. The van der Waals surface area contributed by atoms with Crippen molar-refractivity contribution in [2.75, 3.05) is 36.0 Å². The number of hydrogen-bond donors (Lipinski definition) is 0.